The van der Waals surface area contributed by atoms with E-state index in [1.807, 2.05) is 0 Å². The van der Waals surface area contributed by atoms with Crippen LogP contribution < -0.4 is 20.8 Å². The van der Waals surface area contributed by atoms with Crippen molar-refractivity contribution < 1.29 is 9.47 Å². The van der Waals surface area contributed by atoms with Gasteiger partial charge in [-0.1, -0.05) is 11.6 Å². The highest BCUT2D eigenvalue weighted by Gasteiger charge is 2.12. The lowest BCUT2D eigenvalue weighted by Crippen LogP contribution is -2.08. The summed E-state index contributed by atoms with van der Waals surface area (Å²) in [6.07, 6.45) is 1.20. The van der Waals surface area contributed by atoms with Gasteiger partial charge in [0.2, 0.25) is 5.88 Å². The summed E-state index contributed by atoms with van der Waals surface area (Å²) >= 11 is 5.78. The minimum atomic E-state index is -0.482. The second kappa shape index (κ2) is 4.97. The maximum atomic E-state index is 11.3. The van der Waals surface area contributed by atoms with Crippen LogP contribution in [0.1, 0.15) is 0 Å². The number of H-pyrrole nitrogens is 1. The number of aromatic nitrogens is 2. The zero-order chi connectivity index (χ0) is 13.1. The number of nitrogens with zero attached hydrogens (tertiary/aromatic N) is 1. The fourth-order valence-electron chi connectivity index (χ4n) is 1.32. The predicted molar refractivity (Wildman–Crippen MR) is 67.3 cm³/mol. The fraction of sp³-hybridized carbons (Fsp3) is 0.0909. The van der Waals surface area contributed by atoms with Gasteiger partial charge in [0.15, 0.2) is 16.5 Å². The number of nitrogens with two attached hydrogens (primary N) is 1. The molecular formula is C11H10ClN3O3. The van der Waals surface area contributed by atoms with Gasteiger partial charge in [-0.25, -0.2) is 4.98 Å². The average molecular weight is 268 g/mol. The molecule has 3 N–H and O–H groups in total. The van der Waals surface area contributed by atoms with E-state index in [0.29, 0.717) is 17.2 Å². The summed E-state index contributed by atoms with van der Waals surface area (Å²) in [7, 11) is 1.49. The molecule has 18 heavy (non-hydrogen) atoms. The van der Waals surface area contributed by atoms with Gasteiger partial charge in [0.25, 0.3) is 5.56 Å². The first kappa shape index (κ1) is 12.3. The van der Waals surface area contributed by atoms with Crippen LogP contribution in [0.3, 0.4) is 0 Å². The van der Waals surface area contributed by atoms with Crippen LogP contribution in [0.4, 0.5) is 5.69 Å². The van der Waals surface area contributed by atoms with E-state index in [0.717, 1.165) is 0 Å². The number of nitrogen functional groups attached to an aromatic ring is 1. The van der Waals surface area contributed by atoms with Gasteiger partial charge in [-0.3, -0.25) is 4.79 Å². The van der Waals surface area contributed by atoms with E-state index in [9.17, 15) is 4.79 Å². The Kier molecular flexibility index (Phi) is 3.38. The lowest BCUT2D eigenvalue weighted by molar-refractivity contribution is 0.374. The Bertz CT molecular complexity index is 627. The van der Waals surface area contributed by atoms with Gasteiger partial charge in [0.05, 0.1) is 13.4 Å². The molecule has 7 heteroatoms. The van der Waals surface area contributed by atoms with Crippen molar-refractivity contribution in [2.45, 2.75) is 0 Å². The fourth-order valence-corrected chi connectivity index (χ4v) is 1.46. The Morgan fingerprint density at radius 3 is 2.89 bits per heavy atom. The third kappa shape index (κ3) is 2.38. The smallest absolute Gasteiger partial charge is 0.273 e. The number of anilines is 1. The van der Waals surface area contributed by atoms with Crippen LogP contribution in [0, 0.1) is 0 Å². The minimum Gasteiger partial charge on any atom is -0.493 e. The van der Waals surface area contributed by atoms with Crippen LogP contribution in [-0.2, 0) is 0 Å². The van der Waals surface area contributed by atoms with Crippen molar-refractivity contribution in [1.82, 2.24) is 9.97 Å². The zero-order valence-electron chi connectivity index (χ0n) is 9.44. The molecule has 0 aliphatic carbocycles. The number of nitrogens with one attached hydrogen (secondary N) is 1. The summed E-state index contributed by atoms with van der Waals surface area (Å²) in [5, 5.41) is -0.137. The molecule has 1 heterocycles. The summed E-state index contributed by atoms with van der Waals surface area (Å²) < 4.78 is 10.5. The van der Waals surface area contributed by atoms with Crippen molar-refractivity contribution in [1.29, 1.82) is 0 Å². The second-order valence-corrected chi connectivity index (χ2v) is 3.74. The zero-order valence-corrected chi connectivity index (χ0v) is 10.2. The quantitative estimate of drug-likeness (QED) is 0.828. The Morgan fingerprint density at radius 2 is 2.17 bits per heavy atom. The molecule has 0 unspecified atom stereocenters. The number of aromatic amines is 1. The Labute approximate surface area is 107 Å². The first-order valence-electron chi connectivity index (χ1n) is 4.96. The van der Waals surface area contributed by atoms with Crippen LogP contribution in [0.25, 0.3) is 0 Å². The number of ether oxygens (including phenoxy) is 2. The van der Waals surface area contributed by atoms with E-state index >= 15 is 0 Å². The van der Waals surface area contributed by atoms with Crippen molar-refractivity contribution in [3.8, 4) is 17.4 Å². The minimum absolute atomic E-state index is 0.00989. The number of hydrogen-bond donors (Lipinski definition) is 2. The number of benzene rings is 1. The Hall–Kier alpha value is -2.21. The van der Waals surface area contributed by atoms with Gasteiger partial charge in [-0.2, -0.15) is 0 Å². The molecule has 0 saturated carbocycles. The van der Waals surface area contributed by atoms with E-state index in [-0.39, 0.29) is 10.9 Å². The molecule has 0 radical (unpaired) electrons. The van der Waals surface area contributed by atoms with Crippen LogP contribution in [0.5, 0.6) is 17.4 Å². The van der Waals surface area contributed by atoms with Gasteiger partial charge in [0, 0.05) is 11.8 Å². The molecule has 0 bridgehead atoms. The van der Waals surface area contributed by atoms with Crippen molar-refractivity contribution in [2.24, 2.45) is 0 Å². The molecule has 94 valence electrons. The van der Waals surface area contributed by atoms with E-state index < -0.39 is 5.56 Å². The van der Waals surface area contributed by atoms with Gasteiger partial charge in [-0.15, -0.1) is 0 Å². The van der Waals surface area contributed by atoms with E-state index in [1.54, 1.807) is 18.2 Å². The highest BCUT2D eigenvalue weighted by atomic mass is 35.5. The van der Waals surface area contributed by atoms with Crippen molar-refractivity contribution in [3.05, 3.63) is 39.9 Å². The van der Waals surface area contributed by atoms with Crippen LogP contribution in [-0.4, -0.2) is 17.1 Å². The molecular weight excluding hydrogens is 258 g/mol. The first-order valence-corrected chi connectivity index (χ1v) is 5.34. The van der Waals surface area contributed by atoms with Crippen LogP contribution in [0.2, 0.25) is 5.02 Å². The largest absolute Gasteiger partial charge is 0.493 e. The third-order valence-electron chi connectivity index (χ3n) is 2.16. The van der Waals surface area contributed by atoms with Crippen LogP contribution >= 0.6 is 11.6 Å². The molecule has 2 rings (SSSR count). The molecule has 0 amide bonds. The number of methoxy groups -OCH3 is 1. The van der Waals surface area contributed by atoms with Gasteiger partial charge >= 0.3 is 0 Å². The topological polar surface area (TPSA) is 90.2 Å². The molecule has 0 fully saturated rings. The predicted octanol–water partition coefficient (Wildman–Crippen LogP) is 1.81. The average Bonchev–Trinajstić information content (AvgIpc) is 2.35. The molecule has 0 saturated heterocycles. The summed E-state index contributed by atoms with van der Waals surface area (Å²) in [5.74, 6) is 0.782. The molecule has 1 aromatic heterocycles. The summed E-state index contributed by atoms with van der Waals surface area (Å²) in [6.45, 7) is 0. The maximum absolute atomic E-state index is 11.3. The van der Waals surface area contributed by atoms with E-state index in [4.69, 9.17) is 26.8 Å². The maximum Gasteiger partial charge on any atom is 0.273 e. The summed E-state index contributed by atoms with van der Waals surface area (Å²) in [4.78, 5) is 17.5. The van der Waals surface area contributed by atoms with E-state index in [1.165, 1.54) is 13.4 Å². The van der Waals surface area contributed by atoms with Gasteiger partial charge in [-0.05, 0) is 12.1 Å². The standard InChI is InChI=1S/C11H10ClN3O3/c1-17-7-3-2-6(13)4-8(7)18-11-9(12)10(16)14-5-15-11/h2-5H,13H2,1H3,(H,14,15,16). The monoisotopic (exact) mass is 267 g/mol. The highest BCUT2D eigenvalue weighted by molar-refractivity contribution is 6.31. The molecule has 0 aliphatic heterocycles. The number of hydrogen-bond acceptors (Lipinski definition) is 5. The van der Waals surface area contributed by atoms with Gasteiger partial charge in [0.1, 0.15) is 0 Å². The van der Waals surface area contributed by atoms with E-state index in [2.05, 4.69) is 9.97 Å². The van der Waals surface area contributed by atoms with Crippen molar-refractivity contribution in [2.75, 3.05) is 12.8 Å². The lowest BCUT2D eigenvalue weighted by atomic mass is 10.3. The molecule has 1 aromatic carbocycles. The molecule has 0 aliphatic rings. The second-order valence-electron chi connectivity index (χ2n) is 3.36. The molecule has 6 nitrogen and oxygen atoms in total. The summed E-state index contributed by atoms with van der Waals surface area (Å²) in [5.41, 5.74) is 5.66. The van der Waals surface area contributed by atoms with Crippen molar-refractivity contribution >= 4 is 17.3 Å². The Balaban J connectivity index is 2.42. The van der Waals surface area contributed by atoms with Gasteiger partial charge < -0.3 is 20.2 Å². The molecule has 0 spiro atoms. The molecule has 0 atom stereocenters. The molecule has 2 aromatic rings. The third-order valence-corrected chi connectivity index (χ3v) is 2.49. The normalized spacial score (nSPS) is 10.1. The number of rotatable bonds is 3. The van der Waals surface area contributed by atoms with Crippen LogP contribution in [0.15, 0.2) is 29.3 Å². The Morgan fingerprint density at radius 1 is 1.39 bits per heavy atom. The highest BCUT2D eigenvalue weighted by Crippen LogP contribution is 2.33. The van der Waals surface area contributed by atoms with Crippen molar-refractivity contribution in [3.63, 3.8) is 0 Å². The number of halogens is 1. The SMILES string of the molecule is COc1ccc(N)cc1Oc1nc[nH]c(=O)c1Cl. The summed E-state index contributed by atoms with van der Waals surface area (Å²) in [6, 6.07) is 4.86. The lowest BCUT2D eigenvalue weighted by Gasteiger charge is -2.10. The first-order chi connectivity index (χ1) is 8.61.